The van der Waals surface area contributed by atoms with Crippen LogP contribution in [0.15, 0.2) is 34.2 Å². The smallest absolute Gasteiger partial charge is 0.263 e. The molecule has 0 spiro atoms. The van der Waals surface area contributed by atoms with Crippen LogP contribution in [0.5, 0.6) is 0 Å². The summed E-state index contributed by atoms with van der Waals surface area (Å²) in [6, 6.07) is 5.82. The van der Waals surface area contributed by atoms with Gasteiger partial charge in [-0.1, -0.05) is 30.8 Å². The van der Waals surface area contributed by atoms with E-state index in [0.717, 1.165) is 40.1 Å². The van der Waals surface area contributed by atoms with Gasteiger partial charge in [0.05, 0.1) is 29.8 Å². The lowest BCUT2D eigenvalue weighted by Crippen LogP contribution is -2.31. The first-order valence-electron chi connectivity index (χ1n) is 11.2. The molecule has 0 radical (unpaired) electrons. The van der Waals surface area contributed by atoms with Crippen LogP contribution in [0, 0.1) is 12.7 Å². The van der Waals surface area contributed by atoms with Gasteiger partial charge >= 0.3 is 0 Å². The third-order valence-corrected chi connectivity index (χ3v) is 7.94. The molecule has 2 unspecified atom stereocenters. The number of halogens is 1. The monoisotopic (exact) mass is 489 g/mol. The Labute approximate surface area is 200 Å². The van der Waals surface area contributed by atoms with Crippen LogP contribution < -0.4 is 10.9 Å². The summed E-state index contributed by atoms with van der Waals surface area (Å²) >= 11 is 2.79. The van der Waals surface area contributed by atoms with E-state index in [1.807, 2.05) is 20.8 Å². The van der Waals surface area contributed by atoms with E-state index in [4.69, 9.17) is 9.72 Å². The second kappa shape index (κ2) is 10.4. The molecule has 1 amide bonds. The lowest BCUT2D eigenvalue weighted by molar-refractivity contribution is -0.119. The number of benzene rings is 1. The number of nitrogens with zero attached hydrogens (tertiary/aromatic N) is 2. The lowest BCUT2D eigenvalue weighted by atomic mass is 10.1. The van der Waals surface area contributed by atoms with Crippen LogP contribution >= 0.6 is 23.1 Å². The Balaban J connectivity index is 1.55. The third-order valence-electron chi connectivity index (χ3n) is 5.92. The van der Waals surface area contributed by atoms with Gasteiger partial charge < -0.3 is 10.1 Å². The van der Waals surface area contributed by atoms with Gasteiger partial charge in [0.1, 0.15) is 10.6 Å². The summed E-state index contributed by atoms with van der Waals surface area (Å²) in [5, 5.41) is 4.16. The fraction of sp³-hybridized carbons (Fsp3) is 0.458. The summed E-state index contributed by atoms with van der Waals surface area (Å²) in [4.78, 5) is 32.7. The van der Waals surface area contributed by atoms with Crippen molar-refractivity contribution in [2.75, 3.05) is 12.4 Å². The van der Waals surface area contributed by atoms with E-state index in [2.05, 4.69) is 5.32 Å². The van der Waals surface area contributed by atoms with Crippen molar-refractivity contribution in [2.45, 2.75) is 63.9 Å². The lowest BCUT2D eigenvalue weighted by Gasteiger charge is -2.17. The molecule has 0 saturated carbocycles. The zero-order chi connectivity index (χ0) is 23.5. The molecule has 3 aromatic rings. The first-order valence-corrected chi connectivity index (χ1v) is 13.0. The molecule has 1 N–H and O–H groups in total. The first-order chi connectivity index (χ1) is 15.9. The number of carbonyl (C=O) groups excluding carboxylic acids is 1. The van der Waals surface area contributed by atoms with Gasteiger partial charge in [0, 0.05) is 11.5 Å². The fourth-order valence-corrected chi connectivity index (χ4v) is 6.14. The van der Waals surface area contributed by atoms with Gasteiger partial charge in [0.25, 0.3) is 5.56 Å². The summed E-state index contributed by atoms with van der Waals surface area (Å²) in [6.45, 7) is 7.07. The number of aryl methyl sites for hydroxylation is 2. The average Bonchev–Trinajstić information content (AvgIpc) is 3.41. The molecule has 0 aliphatic carbocycles. The van der Waals surface area contributed by atoms with Gasteiger partial charge in [-0.2, -0.15) is 0 Å². The molecule has 1 aliphatic heterocycles. The van der Waals surface area contributed by atoms with Gasteiger partial charge in [-0.15, -0.1) is 11.3 Å². The average molecular weight is 490 g/mol. The number of rotatable bonds is 8. The molecular weight excluding hydrogens is 461 g/mol. The number of thiophene rings is 1. The highest BCUT2D eigenvalue weighted by Crippen LogP contribution is 2.30. The number of nitrogens with one attached hydrogen (secondary N) is 1. The van der Waals surface area contributed by atoms with E-state index in [1.165, 1.54) is 35.2 Å². The number of amides is 1. The van der Waals surface area contributed by atoms with E-state index in [-0.39, 0.29) is 35.2 Å². The topological polar surface area (TPSA) is 73.2 Å². The Kier molecular flexibility index (Phi) is 7.51. The number of aromatic nitrogens is 2. The van der Waals surface area contributed by atoms with Gasteiger partial charge in [-0.3, -0.25) is 14.2 Å². The normalized spacial score (nSPS) is 16.9. The third kappa shape index (κ3) is 5.31. The van der Waals surface area contributed by atoms with Gasteiger partial charge in [0.15, 0.2) is 5.16 Å². The van der Waals surface area contributed by atoms with Crippen molar-refractivity contribution >= 4 is 39.2 Å². The number of ether oxygens (including phenoxy) is 1. The fourth-order valence-electron chi connectivity index (χ4n) is 4.17. The van der Waals surface area contributed by atoms with E-state index in [0.29, 0.717) is 23.7 Å². The van der Waals surface area contributed by atoms with E-state index >= 15 is 0 Å². The summed E-state index contributed by atoms with van der Waals surface area (Å²) in [5.74, 6) is -0.361. The van der Waals surface area contributed by atoms with Crippen molar-refractivity contribution in [3.05, 3.63) is 56.4 Å². The van der Waals surface area contributed by atoms with Gasteiger partial charge in [-0.05, 0) is 56.4 Å². The minimum Gasteiger partial charge on any atom is -0.376 e. The molecule has 2 atom stereocenters. The van der Waals surface area contributed by atoms with Gasteiger partial charge in [-0.25, -0.2) is 9.37 Å². The largest absolute Gasteiger partial charge is 0.376 e. The molecule has 2 aromatic heterocycles. The molecule has 0 bridgehead atoms. The predicted molar refractivity (Wildman–Crippen MR) is 131 cm³/mol. The van der Waals surface area contributed by atoms with Crippen LogP contribution in [0.3, 0.4) is 0 Å². The molecule has 1 fully saturated rings. The molecule has 1 aromatic carbocycles. The second-order valence-electron chi connectivity index (χ2n) is 8.25. The standard InChI is InChI=1S/C24H28FN3O3S2/c1-4-19-15(3)33-22-21(19)23(30)28(12-18-6-5-11-31-18)24(27-22)32-13-20(29)26-14(2)16-7-9-17(25)10-8-16/h7-10,14,18H,4-6,11-13H2,1-3H3,(H,26,29). The zero-order valence-corrected chi connectivity index (χ0v) is 20.7. The van der Waals surface area contributed by atoms with E-state index < -0.39 is 0 Å². The second-order valence-corrected chi connectivity index (χ2v) is 10.4. The molecular formula is C24H28FN3O3S2. The number of hydrogen-bond acceptors (Lipinski definition) is 6. The van der Waals surface area contributed by atoms with Crippen molar-refractivity contribution < 1.29 is 13.9 Å². The molecule has 33 heavy (non-hydrogen) atoms. The minimum absolute atomic E-state index is 0.0153. The van der Waals surface area contributed by atoms with Crippen LogP contribution in [-0.2, 0) is 22.5 Å². The number of fused-ring (bicyclic) bond motifs is 1. The van der Waals surface area contributed by atoms with Crippen molar-refractivity contribution in [2.24, 2.45) is 0 Å². The highest BCUT2D eigenvalue weighted by Gasteiger charge is 2.23. The Hall–Kier alpha value is -2.23. The van der Waals surface area contributed by atoms with Crippen molar-refractivity contribution in [1.29, 1.82) is 0 Å². The molecule has 9 heteroatoms. The van der Waals surface area contributed by atoms with E-state index in [9.17, 15) is 14.0 Å². The maximum Gasteiger partial charge on any atom is 0.263 e. The highest BCUT2D eigenvalue weighted by atomic mass is 32.2. The van der Waals surface area contributed by atoms with E-state index in [1.54, 1.807) is 16.7 Å². The van der Waals surface area contributed by atoms with Crippen LogP contribution in [-0.4, -0.2) is 33.9 Å². The molecule has 1 saturated heterocycles. The Morgan fingerprint density at radius 3 is 2.82 bits per heavy atom. The molecule has 176 valence electrons. The molecule has 4 rings (SSSR count). The number of carbonyl (C=O) groups is 1. The quantitative estimate of drug-likeness (QED) is 0.369. The zero-order valence-electron chi connectivity index (χ0n) is 19.0. The van der Waals surface area contributed by atoms with Crippen molar-refractivity contribution in [3.8, 4) is 0 Å². The Bertz CT molecular complexity index is 1200. The molecule has 6 nitrogen and oxygen atoms in total. The van der Waals surface area contributed by atoms with Crippen molar-refractivity contribution in [1.82, 2.24) is 14.9 Å². The Morgan fingerprint density at radius 1 is 1.39 bits per heavy atom. The molecule has 1 aliphatic rings. The number of thioether (sulfide) groups is 1. The number of hydrogen-bond donors (Lipinski definition) is 1. The summed E-state index contributed by atoms with van der Waals surface area (Å²) in [5.41, 5.74) is 1.82. The van der Waals surface area contributed by atoms with Crippen molar-refractivity contribution in [3.63, 3.8) is 0 Å². The molecule has 3 heterocycles. The summed E-state index contributed by atoms with van der Waals surface area (Å²) in [7, 11) is 0. The Morgan fingerprint density at radius 2 is 2.15 bits per heavy atom. The van der Waals surface area contributed by atoms with Crippen LogP contribution in [0.4, 0.5) is 4.39 Å². The van der Waals surface area contributed by atoms with Crippen LogP contribution in [0.1, 0.15) is 48.7 Å². The summed E-state index contributed by atoms with van der Waals surface area (Å²) < 4.78 is 20.6. The summed E-state index contributed by atoms with van der Waals surface area (Å²) in [6.07, 6.45) is 2.66. The van der Waals surface area contributed by atoms with Crippen LogP contribution in [0.2, 0.25) is 0 Å². The van der Waals surface area contributed by atoms with Crippen LogP contribution in [0.25, 0.3) is 10.2 Å². The van der Waals surface area contributed by atoms with Gasteiger partial charge in [0.2, 0.25) is 5.91 Å². The maximum atomic E-state index is 13.5. The predicted octanol–water partition coefficient (Wildman–Crippen LogP) is 4.62. The highest BCUT2D eigenvalue weighted by molar-refractivity contribution is 7.99. The maximum absolute atomic E-state index is 13.5. The SMILES string of the molecule is CCc1c(C)sc2nc(SCC(=O)NC(C)c3ccc(F)cc3)n(CC3CCCO3)c(=O)c12. The minimum atomic E-state index is -0.312. The first kappa shape index (κ1) is 23.9.